The molecule has 3 fully saturated rings. The highest BCUT2D eigenvalue weighted by Gasteiger charge is 2.28. The third kappa shape index (κ3) is 6.60. The average molecular weight is 443 g/mol. The normalized spacial score (nSPS) is 22.5. The van der Waals surface area contributed by atoms with Crippen molar-refractivity contribution in [3.8, 4) is 5.88 Å². The van der Waals surface area contributed by atoms with Gasteiger partial charge in [0.1, 0.15) is 5.82 Å². The highest BCUT2D eigenvalue weighted by Crippen LogP contribution is 2.29. The molecule has 6 nitrogen and oxygen atoms in total. The molecule has 1 aromatic rings. The minimum absolute atomic E-state index is 0.244. The molecule has 2 heterocycles. The number of piperazine rings is 1. The quantitative estimate of drug-likeness (QED) is 0.652. The maximum absolute atomic E-state index is 13.0. The van der Waals surface area contributed by atoms with Gasteiger partial charge in [-0.1, -0.05) is 57.4 Å². The zero-order valence-electron chi connectivity index (χ0n) is 19.9. The number of anilines is 1. The molecule has 0 radical (unpaired) electrons. The lowest BCUT2D eigenvalue weighted by Crippen LogP contribution is -2.52. The van der Waals surface area contributed by atoms with Crippen LogP contribution in [0.1, 0.15) is 70.6 Å². The highest BCUT2D eigenvalue weighted by molar-refractivity contribution is 5.79. The Kier molecular flexibility index (Phi) is 8.66. The number of carbonyl (C=O) groups excluding carboxylic acids is 1. The van der Waals surface area contributed by atoms with Gasteiger partial charge in [-0.25, -0.2) is 0 Å². The molecule has 3 aliphatic rings. The van der Waals surface area contributed by atoms with E-state index in [-0.39, 0.29) is 12.0 Å². The van der Waals surface area contributed by atoms with Crippen LogP contribution in [0.2, 0.25) is 0 Å². The molecule has 1 atom stereocenters. The van der Waals surface area contributed by atoms with Crippen molar-refractivity contribution in [1.29, 1.82) is 0 Å². The second-order valence-electron chi connectivity index (χ2n) is 10.1. The van der Waals surface area contributed by atoms with Crippen molar-refractivity contribution in [3.63, 3.8) is 0 Å². The second-order valence-corrected chi connectivity index (χ2v) is 10.1. The Bertz CT molecular complexity index is 708. The van der Waals surface area contributed by atoms with Crippen LogP contribution in [0.25, 0.3) is 0 Å². The van der Waals surface area contributed by atoms with Crippen LogP contribution in [0.5, 0.6) is 5.88 Å². The van der Waals surface area contributed by atoms with E-state index in [1.54, 1.807) is 7.11 Å². The predicted molar refractivity (Wildman–Crippen MR) is 129 cm³/mol. The number of ether oxygens (including phenoxy) is 1. The summed E-state index contributed by atoms with van der Waals surface area (Å²) in [5.74, 6) is 3.01. The third-order valence-corrected chi connectivity index (χ3v) is 7.76. The molecule has 2 saturated carbocycles. The minimum Gasteiger partial charge on any atom is -0.481 e. The fourth-order valence-electron chi connectivity index (χ4n) is 5.85. The number of methoxy groups -OCH3 is 1. The molecule has 1 aromatic heterocycles. The van der Waals surface area contributed by atoms with E-state index >= 15 is 0 Å². The Balaban J connectivity index is 1.32. The van der Waals surface area contributed by atoms with Gasteiger partial charge in [0.2, 0.25) is 11.8 Å². The van der Waals surface area contributed by atoms with Crippen LogP contribution in [-0.2, 0) is 4.79 Å². The smallest absolute Gasteiger partial charge is 0.223 e. The Morgan fingerprint density at radius 1 is 1.03 bits per heavy atom. The fraction of sp³-hybridized carbons (Fsp3) is 0.769. The molecule has 2 aliphatic carbocycles. The number of carbonyl (C=O) groups is 1. The summed E-state index contributed by atoms with van der Waals surface area (Å²) in [6.07, 6.45) is 13.8. The van der Waals surface area contributed by atoms with Gasteiger partial charge in [-0.15, -0.1) is 0 Å². The van der Waals surface area contributed by atoms with Crippen molar-refractivity contribution in [1.82, 2.24) is 15.2 Å². The number of rotatable bonds is 8. The van der Waals surface area contributed by atoms with E-state index < -0.39 is 0 Å². The monoisotopic (exact) mass is 442 g/mol. The first-order chi connectivity index (χ1) is 15.7. The first kappa shape index (κ1) is 23.3. The summed E-state index contributed by atoms with van der Waals surface area (Å²) in [5.41, 5.74) is 0. The lowest BCUT2D eigenvalue weighted by molar-refractivity contribution is -0.127. The van der Waals surface area contributed by atoms with Crippen molar-refractivity contribution in [2.45, 2.75) is 76.7 Å². The molecular formula is C26H42N4O2. The summed E-state index contributed by atoms with van der Waals surface area (Å²) in [7, 11) is 1.66. The Labute approximate surface area is 194 Å². The molecule has 32 heavy (non-hydrogen) atoms. The number of nitrogens with zero attached hydrogens (tertiary/aromatic N) is 3. The summed E-state index contributed by atoms with van der Waals surface area (Å²) in [5, 5.41) is 3.52. The molecular weight excluding hydrogens is 400 g/mol. The second kappa shape index (κ2) is 11.9. The minimum atomic E-state index is 0.244. The number of hydrogen-bond acceptors (Lipinski definition) is 5. The van der Waals surface area contributed by atoms with Gasteiger partial charge < -0.3 is 15.0 Å². The SMILES string of the molecule is COc1cccc(N2CCN(C[C@H](CC3CCCCC3)NC(=O)C3CCCCC3)CC2)n1. The maximum atomic E-state index is 13.0. The Morgan fingerprint density at radius 2 is 1.72 bits per heavy atom. The van der Waals surface area contributed by atoms with E-state index in [4.69, 9.17) is 4.74 Å². The van der Waals surface area contributed by atoms with E-state index in [1.165, 1.54) is 51.4 Å². The standard InChI is InChI=1S/C26H42N4O2/c1-32-25-14-8-13-24(28-25)30-17-15-29(16-18-30)20-23(19-21-9-4-2-5-10-21)27-26(31)22-11-6-3-7-12-22/h8,13-14,21-23H,2-7,9-12,15-20H2,1H3,(H,27,31)/t23-/m0/s1. The van der Waals surface area contributed by atoms with Crippen LogP contribution in [0.3, 0.4) is 0 Å². The van der Waals surface area contributed by atoms with Gasteiger partial charge in [0, 0.05) is 50.7 Å². The molecule has 1 aliphatic heterocycles. The van der Waals surface area contributed by atoms with Crippen LogP contribution in [-0.4, -0.2) is 61.7 Å². The van der Waals surface area contributed by atoms with E-state index in [2.05, 4.69) is 26.2 Å². The molecule has 0 aromatic carbocycles. The Morgan fingerprint density at radius 3 is 2.41 bits per heavy atom. The van der Waals surface area contributed by atoms with E-state index in [1.807, 2.05) is 12.1 Å². The lowest BCUT2D eigenvalue weighted by Gasteiger charge is -2.38. The summed E-state index contributed by atoms with van der Waals surface area (Å²) in [6, 6.07) is 6.25. The largest absolute Gasteiger partial charge is 0.481 e. The van der Waals surface area contributed by atoms with Crippen molar-refractivity contribution >= 4 is 11.7 Å². The zero-order valence-corrected chi connectivity index (χ0v) is 19.9. The van der Waals surface area contributed by atoms with Crippen molar-refractivity contribution in [2.75, 3.05) is 44.7 Å². The number of pyridine rings is 1. The predicted octanol–water partition coefficient (Wildman–Crippen LogP) is 4.25. The molecule has 0 unspecified atom stereocenters. The molecule has 1 saturated heterocycles. The van der Waals surface area contributed by atoms with Gasteiger partial charge in [-0.2, -0.15) is 4.98 Å². The molecule has 0 spiro atoms. The van der Waals surface area contributed by atoms with Crippen LogP contribution in [0.4, 0.5) is 5.82 Å². The number of nitrogens with one attached hydrogen (secondary N) is 1. The van der Waals surface area contributed by atoms with Crippen molar-refractivity contribution in [3.05, 3.63) is 18.2 Å². The van der Waals surface area contributed by atoms with Gasteiger partial charge >= 0.3 is 0 Å². The summed E-state index contributed by atoms with van der Waals surface area (Å²) in [6.45, 7) is 4.94. The van der Waals surface area contributed by atoms with Crippen LogP contribution >= 0.6 is 0 Å². The lowest BCUT2D eigenvalue weighted by atomic mass is 9.84. The van der Waals surface area contributed by atoms with Crippen LogP contribution in [0, 0.1) is 11.8 Å². The van der Waals surface area contributed by atoms with Gasteiger partial charge in [0.15, 0.2) is 0 Å². The third-order valence-electron chi connectivity index (χ3n) is 7.76. The zero-order chi connectivity index (χ0) is 22.2. The molecule has 0 bridgehead atoms. The van der Waals surface area contributed by atoms with Crippen molar-refractivity contribution in [2.24, 2.45) is 11.8 Å². The fourth-order valence-corrected chi connectivity index (χ4v) is 5.85. The van der Waals surface area contributed by atoms with E-state index in [0.717, 1.165) is 63.7 Å². The van der Waals surface area contributed by atoms with Crippen LogP contribution < -0.4 is 15.0 Å². The summed E-state index contributed by atoms with van der Waals surface area (Å²) >= 11 is 0. The molecule has 6 heteroatoms. The first-order valence-corrected chi connectivity index (χ1v) is 13.0. The summed E-state index contributed by atoms with van der Waals surface area (Å²) in [4.78, 5) is 22.5. The molecule has 1 N–H and O–H groups in total. The number of amides is 1. The van der Waals surface area contributed by atoms with E-state index in [9.17, 15) is 4.79 Å². The highest BCUT2D eigenvalue weighted by atomic mass is 16.5. The number of hydrogen-bond donors (Lipinski definition) is 1. The van der Waals surface area contributed by atoms with Gasteiger partial charge in [0.05, 0.1) is 7.11 Å². The number of aromatic nitrogens is 1. The van der Waals surface area contributed by atoms with Gasteiger partial charge in [-0.3, -0.25) is 9.69 Å². The topological polar surface area (TPSA) is 57.7 Å². The van der Waals surface area contributed by atoms with Crippen LogP contribution in [0.15, 0.2) is 18.2 Å². The van der Waals surface area contributed by atoms with E-state index in [0.29, 0.717) is 11.8 Å². The molecule has 4 rings (SSSR count). The maximum Gasteiger partial charge on any atom is 0.223 e. The average Bonchev–Trinajstić information content (AvgIpc) is 2.85. The Hall–Kier alpha value is -1.82. The molecule has 178 valence electrons. The summed E-state index contributed by atoms with van der Waals surface area (Å²) < 4.78 is 5.29. The van der Waals surface area contributed by atoms with Gasteiger partial charge in [0.25, 0.3) is 0 Å². The first-order valence-electron chi connectivity index (χ1n) is 13.0. The van der Waals surface area contributed by atoms with Gasteiger partial charge in [-0.05, 0) is 31.2 Å². The molecule has 1 amide bonds. The van der Waals surface area contributed by atoms with Crippen molar-refractivity contribution < 1.29 is 9.53 Å².